The smallest absolute Gasteiger partial charge is 0.330 e. The third kappa shape index (κ3) is 3.09. The van der Waals surface area contributed by atoms with Crippen molar-refractivity contribution in [2.75, 3.05) is 11.9 Å². The normalized spacial score (nSPS) is 15.3. The van der Waals surface area contributed by atoms with Crippen LogP contribution in [-0.2, 0) is 7.05 Å². The molecule has 1 aliphatic rings. The van der Waals surface area contributed by atoms with Gasteiger partial charge in [-0.05, 0) is 32.1 Å². The second-order valence-corrected chi connectivity index (χ2v) is 4.58. The highest BCUT2D eigenvalue weighted by atomic mass is 16.6. The first-order chi connectivity index (χ1) is 8.66. The number of nitrogens with zero attached hydrogens (tertiary/aromatic N) is 3. The van der Waals surface area contributed by atoms with Crippen molar-refractivity contribution in [2.45, 2.75) is 32.1 Å². The maximum atomic E-state index is 10.8. The van der Waals surface area contributed by atoms with Gasteiger partial charge in [0.05, 0.1) is 4.92 Å². The van der Waals surface area contributed by atoms with E-state index in [9.17, 15) is 10.1 Å². The van der Waals surface area contributed by atoms with E-state index in [-0.39, 0.29) is 5.69 Å². The molecule has 0 saturated heterocycles. The summed E-state index contributed by atoms with van der Waals surface area (Å²) < 4.78 is 1.46. The summed E-state index contributed by atoms with van der Waals surface area (Å²) in [7, 11) is 1.68. The third-order valence-corrected chi connectivity index (χ3v) is 3.13. The van der Waals surface area contributed by atoms with Crippen molar-refractivity contribution in [3.8, 4) is 0 Å². The first kappa shape index (κ1) is 12.6. The highest BCUT2D eigenvalue weighted by Gasteiger charge is 2.17. The van der Waals surface area contributed by atoms with E-state index in [4.69, 9.17) is 0 Å². The van der Waals surface area contributed by atoms with Gasteiger partial charge in [-0.25, -0.2) is 0 Å². The van der Waals surface area contributed by atoms with Crippen molar-refractivity contribution in [1.29, 1.82) is 0 Å². The third-order valence-electron chi connectivity index (χ3n) is 3.13. The van der Waals surface area contributed by atoms with Crippen LogP contribution in [0, 0.1) is 10.1 Å². The van der Waals surface area contributed by atoms with Crippen LogP contribution in [-0.4, -0.2) is 21.2 Å². The average Bonchev–Trinajstić information content (AvgIpc) is 2.72. The molecule has 1 N–H and O–H groups in total. The lowest BCUT2D eigenvalue weighted by Crippen LogP contribution is -2.06. The van der Waals surface area contributed by atoms with Crippen LogP contribution in [0.25, 0.3) is 0 Å². The standard InChI is InChI=1S/C12H18N4O2/c1-15-9-11(16(17)18)12(14-15)13-8-7-10-5-3-2-4-6-10/h5,9H,2-4,6-8H2,1H3,(H,13,14). The fourth-order valence-electron chi connectivity index (χ4n) is 2.21. The molecule has 0 amide bonds. The lowest BCUT2D eigenvalue weighted by atomic mass is 9.97. The fraction of sp³-hybridized carbons (Fsp3) is 0.583. The molecule has 0 bridgehead atoms. The maximum absolute atomic E-state index is 10.8. The van der Waals surface area contributed by atoms with Crippen LogP contribution in [0.5, 0.6) is 0 Å². The summed E-state index contributed by atoms with van der Waals surface area (Å²) in [6.07, 6.45) is 9.51. The van der Waals surface area contributed by atoms with Crippen molar-refractivity contribution in [3.63, 3.8) is 0 Å². The Bertz CT molecular complexity index is 465. The SMILES string of the molecule is Cn1cc([N+](=O)[O-])c(NCCC2=CCCCC2)n1. The zero-order valence-corrected chi connectivity index (χ0v) is 10.6. The van der Waals surface area contributed by atoms with Crippen molar-refractivity contribution < 1.29 is 4.92 Å². The monoisotopic (exact) mass is 250 g/mol. The van der Waals surface area contributed by atoms with E-state index in [0.29, 0.717) is 12.4 Å². The summed E-state index contributed by atoms with van der Waals surface area (Å²) in [6.45, 7) is 0.698. The van der Waals surface area contributed by atoms with Gasteiger partial charge in [-0.2, -0.15) is 0 Å². The Morgan fingerprint density at radius 1 is 1.56 bits per heavy atom. The zero-order chi connectivity index (χ0) is 13.0. The highest BCUT2D eigenvalue weighted by Crippen LogP contribution is 2.23. The summed E-state index contributed by atoms with van der Waals surface area (Å²) in [5, 5.41) is 17.9. The molecule has 1 aliphatic carbocycles. The molecule has 0 atom stereocenters. The molecule has 0 saturated carbocycles. The molecular formula is C12H18N4O2. The second-order valence-electron chi connectivity index (χ2n) is 4.58. The minimum absolute atomic E-state index is 0.0372. The topological polar surface area (TPSA) is 73.0 Å². The van der Waals surface area contributed by atoms with E-state index < -0.39 is 4.92 Å². The van der Waals surface area contributed by atoms with Crippen molar-refractivity contribution in [1.82, 2.24) is 9.78 Å². The molecule has 6 nitrogen and oxygen atoms in total. The molecule has 0 unspecified atom stereocenters. The van der Waals surface area contributed by atoms with Gasteiger partial charge in [-0.1, -0.05) is 11.6 Å². The van der Waals surface area contributed by atoms with Crippen LogP contribution >= 0.6 is 0 Å². The van der Waals surface area contributed by atoms with E-state index in [1.165, 1.54) is 35.7 Å². The van der Waals surface area contributed by atoms with E-state index >= 15 is 0 Å². The number of rotatable bonds is 5. The molecule has 0 aliphatic heterocycles. The van der Waals surface area contributed by atoms with Crippen LogP contribution in [0.4, 0.5) is 11.5 Å². The summed E-state index contributed by atoms with van der Waals surface area (Å²) in [4.78, 5) is 10.4. The quantitative estimate of drug-likeness (QED) is 0.495. The van der Waals surface area contributed by atoms with Gasteiger partial charge in [0.1, 0.15) is 6.20 Å². The van der Waals surface area contributed by atoms with Gasteiger partial charge >= 0.3 is 5.69 Å². The first-order valence-electron chi connectivity index (χ1n) is 6.26. The minimum Gasteiger partial charge on any atom is -0.363 e. The first-order valence-corrected chi connectivity index (χ1v) is 6.26. The molecule has 1 aromatic rings. The molecule has 1 aromatic heterocycles. The number of aryl methyl sites for hydroxylation is 1. The summed E-state index contributed by atoms with van der Waals surface area (Å²) in [6, 6.07) is 0. The lowest BCUT2D eigenvalue weighted by Gasteiger charge is -2.12. The summed E-state index contributed by atoms with van der Waals surface area (Å²) >= 11 is 0. The van der Waals surface area contributed by atoms with Gasteiger partial charge in [-0.3, -0.25) is 14.8 Å². The Morgan fingerprint density at radius 2 is 2.39 bits per heavy atom. The van der Waals surface area contributed by atoms with E-state index in [2.05, 4.69) is 16.5 Å². The van der Waals surface area contributed by atoms with E-state index in [1.807, 2.05) is 0 Å². The zero-order valence-electron chi connectivity index (χ0n) is 10.6. The molecule has 1 heterocycles. The predicted octanol–water partition coefficient (Wildman–Crippen LogP) is 2.63. The average molecular weight is 250 g/mol. The van der Waals surface area contributed by atoms with Crippen LogP contribution < -0.4 is 5.32 Å². The number of nitrogens with one attached hydrogen (secondary N) is 1. The fourth-order valence-corrected chi connectivity index (χ4v) is 2.21. The molecule has 98 valence electrons. The Morgan fingerprint density at radius 3 is 3.06 bits per heavy atom. The van der Waals surface area contributed by atoms with Gasteiger partial charge in [0.15, 0.2) is 0 Å². The molecule has 0 aromatic carbocycles. The van der Waals surface area contributed by atoms with Gasteiger partial charge in [-0.15, -0.1) is 5.10 Å². The number of hydrogen-bond donors (Lipinski definition) is 1. The van der Waals surface area contributed by atoms with Gasteiger partial charge < -0.3 is 5.32 Å². The number of aromatic nitrogens is 2. The van der Waals surface area contributed by atoms with Gasteiger partial charge in [0.25, 0.3) is 0 Å². The summed E-state index contributed by atoms with van der Waals surface area (Å²) in [5.74, 6) is 0.360. The van der Waals surface area contributed by atoms with Crippen LogP contribution in [0.3, 0.4) is 0 Å². The Labute approximate surface area is 106 Å². The number of nitro groups is 1. The summed E-state index contributed by atoms with van der Waals surface area (Å²) in [5.41, 5.74) is 1.49. The Hall–Kier alpha value is -1.85. The molecule has 0 spiro atoms. The number of allylic oxidation sites excluding steroid dienone is 1. The van der Waals surface area contributed by atoms with Gasteiger partial charge in [0.2, 0.25) is 5.82 Å². The van der Waals surface area contributed by atoms with Crippen molar-refractivity contribution in [3.05, 3.63) is 28.0 Å². The predicted molar refractivity (Wildman–Crippen MR) is 69.5 cm³/mol. The molecule has 18 heavy (non-hydrogen) atoms. The second kappa shape index (κ2) is 5.66. The maximum Gasteiger partial charge on any atom is 0.330 e. The molecule has 6 heteroatoms. The van der Waals surface area contributed by atoms with Crippen molar-refractivity contribution in [2.24, 2.45) is 7.05 Å². The Balaban J connectivity index is 1.90. The molecule has 0 fully saturated rings. The molecule has 0 radical (unpaired) electrons. The van der Waals surface area contributed by atoms with Crippen LogP contribution in [0.1, 0.15) is 32.1 Å². The van der Waals surface area contributed by atoms with E-state index in [1.54, 1.807) is 7.05 Å². The Kier molecular flexibility index (Phi) is 3.96. The van der Waals surface area contributed by atoms with Gasteiger partial charge in [0, 0.05) is 13.6 Å². The largest absolute Gasteiger partial charge is 0.363 e. The minimum atomic E-state index is -0.408. The molecule has 2 rings (SSSR count). The number of anilines is 1. The lowest BCUT2D eigenvalue weighted by molar-refractivity contribution is -0.384. The molecular weight excluding hydrogens is 232 g/mol. The highest BCUT2D eigenvalue weighted by molar-refractivity contribution is 5.54. The van der Waals surface area contributed by atoms with Crippen LogP contribution in [0.2, 0.25) is 0 Å². The van der Waals surface area contributed by atoms with E-state index in [0.717, 1.165) is 12.8 Å². The van der Waals surface area contributed by atoms with Crippen molar-refractivity contribution >= 4 is 11.5 Å². The number of hydrogen-bond acceptors (Lipinski definition) is 4. The van der Waals surface area contributed by atoms with Crippen LogP contribution in [0.15, 0.2) is 17.8 Å².